The van der Waals surface area contributed by atoms with Crippen LogP contribution >= 0.6 is 0 Å². The van der Waals surface area contributed by atoms with Crippen LogP contribution in [-0.4, -0.2) is 14.6 Å². The van der Waals surface area contributed by atoms with Crippen LogP contribution in [0.4, 0.5) is 4.39 Å². The number of nitriles is 1. The van der Waals surface area contributed by atoms with Gasteiger partial charge in [0.25, 0.3) is 0 Å². The second-order valence-corrected chi connectivity index (χ2v) is 3.75. The van der Waals surface area contributed by atoms with Gasteiger partial charge < -0.3 is 0 Å². The summed E-state index contributed by atoms with van der Waals surface area (Å²) >= 11 is 0. The molecule has 5 heteroatoms. The van der Waals surface area contributed by atoms with E-state index >= 15 is 0 Å². The van der Waals surface area contributed by atoms with Crippen molar-refractivity contribution in [3.63, 3.8) is 0 Å². The first kappa shape index (κ1) is 10.4. The Morgan fingerprint density at radius 3 is 2.78 bits per heavy atom. The van der Waals surface area contributed by atoms with Crippen LogP contribution in [0.5, 0.6) is 0 Å². The van der Waals surface area contributed by atoms with Crippen molar-refractivity contribution in [1.29, 1.82) is 5.26 Å². The molecule has 0 aliphatic heterocycles. The molecule has 0 amide bonds. The topological polar surface area (TPSA) is 54.0 Å². The van der Waals surface area contributed by atoms with Crippen LogP contribution in [0.15, 0.2) is 42.7 Å². The van der Waals surface area contributed by atoms with Crippen LogP contribution in [0.25, 0.3) is 16.8 Å². The lowest BCUT2D eigenvalue weighted by Gasteiger charge is -2.04. The first-order valence-electron chi connectivity index (χ1n) is 5.28. The summed E-state index contributed by atoms with van der Waals surface area (Å²) in [6.45, 7) is 0. The summed E-state index contributed by atoms with van der Waals surface area (Å²) in [6, 6.07) is 10.5. The normalized spacial score (nSPS) is 10.4. The van der Waals surface area contributed by atoms with Crippen molar-refractivity contribution in [2.24, 2.45) is 0 Å². The largest absolute Gasteiger partial charge is 0.232 e. The molecule has 3 heterocycles. The van der Waals surface area contributed by atoms with E-state index in [1.54, 1.807) is 10.6 Å². The molecule has 0 aliphatic rings. The van der Waals surface area contributed by atoms with Crippen LogP contribution in [0.2, 0.25) is 0 Å². The lowest BCUT2D eigenvalue weighted by Crippen LogP contribution is -1.94. The van der Waals surface area contributed by atoms with Crippen molar-refractivity contribution in [1.82, 2.24) is 14.6 Å². The van der Waals surface area contributed by atoms with Gasteiger partial charge in [-0.25, -0.2) is 9.50 Å². The molecule has 0 fully saturated rings. The van der Waals surface area contributed by atoms with Gasteiger partial charge in [-0.2, -0.15) is 14.8 Å². The summed E-state index contributed by atoms with van der Waals surface area (Å²) in [4.78, 5) is 3.62. The zero-order valence-electron chi connectivity index (χ0n) is 9.21. The Hall–Kier alpha value is -2.74. The molecule has 86 valence electrons. The van der Waals surface area contributed by atoms with Crippen LogP contribution in [0, 0.1) is 17.3 Å². The minimum atomic E-state index is -0.524. The van der Waals surface area contributed by atoms with Crippen molar-refractivity contribution in [3.8, 4) is 17.3 Å². The summed E-state index contributed by atoms with van der Waals surface area (Å²) in [6.07, 6.45) is 2.95. The Morgan fingerprint density at radius 2 is 2.06 bits per heavy atom. The van der Waals surface area contributed by atoms with E-state index in [9.17, 15) is 4.39 Å². The summed E-state index contributed by atoms with van der Waals surface area (Å²) in [7, 11) is 0. The monoisotopic (exact) mass is 238 g/mol. The average Bonchev–Trinajstić information content (AvgIpc) is 2.82. The van der Waals surface area contributed by atoms with Gasteiger partial charge in [0.05, 0.1) is 23.0 Å². The molecular weight excluding hydrogens is 231 g/mol. The average molecular weight is 238 g/mol. The minimum Gasteiger partial charge on any atom is -0.232 e. The van der Waals surface area contributed by atoms with E-state index in [0.717, 1.165) is 16.8 Å². The third kappa shape index (κ3) is 1.52. The third-order valence-corrected chi connectivity index (χ3v) is 2.69. The van der Waals surface area contributed by atoms with Gasteiger partial charge in [0.2, 0.25) is 5.95 Å². The number of rotatable bonds is 1. The van der Waals surface area contributed by atoms with Gasteiger partial charge in [0.15, 0.2) is 0 Å². The Morgan fingerprint density at radius 1 is 1.17 bits per heavy atom. The fourth-order valence-electron chi connectivity index (χ4n) is 1.84. The van der Waals surface area contributed by atoms with E-state index < -0.39 is 5.95 Å². The van der Waals surface area contributed by atoms with E-state index in [0.29, 0.717) is 5.56 Å². The standard InChI is InChI=1S/C13H7FN4/c14-13-5-4-9(7-16-13)11-2-1-3-12-10(6-15)8-17-18(11)12/h1-5,7-8H. The molecule has 0 unspecified atom stereocenters. The maximum atomic E-state index is 12.8. The Bertz CT molecular complexity index is 753. The molecule has 0 atom stereocenters. The molecule has 18 heavy (non-hydrogen) atoms. The van der Waals surface area contributed by atoms with E-state index in [2.05, 4.69) is 16.2 Å². The Labute approximate surface area is 102 Å². The fourth-order valence-corrected chi connectivity index (χ4v) is 1.84. The van der Waals surface area contributed by atoms with Gasteiger partial charge in [-0.05, 0) is 24.3 Å². The molecule has 3 aromatic rings. The Kier molecular flexibility index (Phi) is 2.27. The minimum absolute atomic E-state index is 0.506. The Balaban J connectivity index is 2.27. The number of fused-ring (bicyclic) bond motifs is 1. The molecule has 0 saturated heterocycles. The highest BCUT2D eigenvalue weighted by Gasteiger charge is 2.08. The van der Waals surface area contributed by atoms with E-state index in [-0.39, 0.29) is 0 Å². The first-order valence-corrected chi connectivity index (χ1v) is 5.28. The number of hydrogen-bond donors (Lipinski definition) is 0. The summed E-state index contributed by atoms with van der Waals surface area (Å²) in [5, 5.41) is 13.1. The van der Waals surface area contributed by atoms with Gasteiger partial charge in [-0.1, -0.05) is 6.07 Å². The van der Waals surface area contributed by atoms with E-state index in [1.165, 1.54) is 18.5 Å². The highest BCUT2D eigenvalue weighted by Crippen LogP contribution is 2.21. The van der Waals surface area contributed by atoms with Crippen LogP contribution in [0.3, 0.4) is 0 Å². The summed E-state index contributed by atoms with van der Waals surface area (Å²) < 4.78 is 14.4. The molecular formula is C13H7FN4. The number of aromatic nitrogens is 3. The summed E-state index contributed by atoms with van der Waals surface area (Å²) in [5.74, 6) is -0.524. The maximum Gasteiger partial charge on any atom is 0.212 e. The van der Waals surface area contributed by atoms with E-state index in [4.69, 9.17) is 5.26 Å². The lowest BCUT2D eigenvalue weighted by molar-refractivity contribution is 0.584. The van der Waals surface area contributed by atoms with Crippen LogP contribution in [-0.2, 0) is 0 Å². The van der Waals surface area contributed by atoms with Gasteiger partial charge in [-0.3, -0.25) is 0 Å². The molecule has 4 nitrogen and oxygen atoms in total. The van der Waals surface area contributed by atoms with Gasteiger partial charge >= 0.3 is 0 Å². The molecule has 0 aliphatic carbocycles. The predicted octanol–water partition coefficient (Wildman–Crippen LogP) is 2.41. The zero-order valence-corrected chi connectivity index (χ0v) is 9.21. The van der Waals surface area contributed by atoms with Gasteiger partial charge in [0.1, 0.15) is 6.07 Å². The van der Waals surface area contributed by atoms with Gasteiger partial charge in [0, 0.05) is 11.8 Å². The smallest absolute Gasteiger partial charge is 0.212 e. The summed E-state index contributed by atoms with van der Waals surface area (Å²) in [5.41, 5.74) is 2.74. The molecule has 0 spiro atoms. The number of hydrogen-bond acceptors (Lipinski definition) is 3. The van der Waals surface area contributed by atoms with E-state index in [1.807, 2.05) is 18.2 Å². The second-order valence-electron chi connectivity index (χ2n) is 3.75. The molecule has 0 aromatic carbocycles. The second kappa shape index (κ2) is 3.93. The fraction of sp³-hybridized carbons (Fsp3) is 0. The maximum absolute atomic E-state index is 12.8. The predicted molar refractivity (Wildman–Crippen MR) is 63.1 cm³/mol. The van der Waals surface area contributed by atoms with Crippen LogP contribution < -0.4 is 0 Å². The SMILES string of the molecule is N#Cc1cnn2c(-c3ccc(F)nc3)cccc12. The van der Waals surface area contributed by atoms with Crippen molar-refractivity contribution < 1.29 is 4.39 Å². The lowest BCUT2D eigenvalue weighted by atomic mass is 10.2. The molecule has 0 N–H and O–H groups in total. The van der Waals surface area contributed by atoms with Crippen molar-refractivity contribution in [2.75, 3.05) is 0 Å². The zero-order chi connectivity index (χ0) is 12.5. The first-order chi connectivity index (χ1) is 8.79. The molecule has 3 aromatic heterocycles. The molecule has 0 saturated carbocycles. The van der Waals surface area contributed by atoms with Crippen LogP contribution in [0.1, 0.15) is 5.56 Å². The van der Waals surface area contributed by atoms with Crippen molar-refractivity contribution in [2.45, 2.75) is 0 Å². The van der Waals surface area contributed by atoms with Gasteiger partial charge in [-0.15, -0.1) is 0 Å². The number of pyridine rings is 2. The quantitative estimate of drug-likeness (QED) is 0.612. The van der Waals surface area contributed by atoms with Crippen molar-refractivity contribution >= 4 is 5.52 Å². The number of nitrogens with zero attached hydrogens (tertiary/aromatic N) is 4. The highest BCUT2D eigenvalue weighted by atomic mass is 19.1. The number of halogens is 1. The molecule has 0 bridgehead atoms. The molecule has 0 radical (unpaired) electrons. The third-order valence-electron chi connectivity index (χ3n) is 2.69. The molecule has 3 rings (SSSR count). The highest BCUT2D eigenvalue weighted by molar-refractivity contribution is 5.68. The van der Waals surface area contributed by atoms with Crippen molar-refractivity contribution in [3.05, 3.63) is 54.2 Å².